The predicted octanol–water partition coefficient (Wildman–Crippen LogP) is 1.87. The van der Waals surface area contributed by atoms with Gasteiger partial charge in [0.25, 0.3) is 5.91 Å². The van der Waals surface area contributed by atoms with E-state index < -0.39 is 5.60 Å². The van der Waals surface area contributed by atoms with Gasteiger partial charge in [0.05, 0.1) is 0 Å². The Morgan fingerprint density at radius 3 is 2.88 bits per heavy atom. The second-order valence-electron chi connectivity index (χ2n) is 7.40. The van der Waals surface area contributed by atoms with Crippen LogP contribution < -0.4 is 15.7 Å². The number of nitrogens with zero attached hydrogens (tertiary/aromatic N) is 2. The number of ether oxygens (including phenoxy) is 1. The molecule has 0 saturated heterocycles. The van der Waals surface area contributed by atoms with Crippen LogP contribution in [0.1, 0.15) is 43.6 Å². The molecule has 26 heavy (non-hydrogen) atoms. The van der Waals surface area contributed by atoms with Gasteiger partial charge < -0.3 is 10.1 Å². The molecule has 1 amide bonds. The molecule has 2 heterocycles. The maximum absolute atomic E-state index is 12.8. The number of carbonyl (C=O) groups excluding carboxylic acids is 1. The minimum absolute atomic E-state index is 0.00918. The lowest BCUT2D eigenvalue weighted by Gasteiger charge is -2.29. The van der Waals surface area contributed by atoms with Crippen molar-refractivity contribution in [2.75, 3.05) is 0 Å². The molecule has 1 unspecified atom stereocenters. The number of aromatic nitrogens is 3. The average Bonchev–Trinajstić information content (AvgIpc) is 2.81. The van der Waals surface area contributed by atoms with Crippen LogP contribution >= 0.6 is 0 Å². The van der Waals surface area contributed by atoms with Crippen molar-refractivity contribution in [2.24, 2.45) is 0 Å². The molecule has 0 aliphatic carbocycles. The van der Waals surface area contributed by atoms with Gasteiger partial charge in [-0.2, -0.15) is 5.10 Å². The van der Waals surface area contributed by atoms with E-state index in [0.717, 1.165) is 29.1 Å². The van der Waals surface area contributed by atoms with E-state index in [2.05, 4.69) is 15.5 Å². The zero-order chi connectivity index (χ0) is 18.9. The van der Waals surface area contributed by atoms with Crippen LogP contribution in [0.4, 0.5) is 0 Å². The molecule has 1 aliphatic heterocycles. The van der Waals surface area contributed by atoms with E-state index >= 15 is 0 Å². The van der Waals surface area contributed by atoms with E-state index in [1.165, 1.54) is 0 Å². The van der Waals surface area contributed by atoms with Crippen molar-refractivity contribution >= 4 is 5.91 Å². The first-order chi connectivity index (χ1) is 12.3. The summed E-state index contributed by atoms with van der Waals surface area (Å²) in [6.45, 7) is 8.11. The Balaban J connectivity index is 1.65. The Morgan fingerprint density at radius 2 is 2.12 bits per heavy atom. The highest BCUT2D eigenvalue weighted by Crippen LogP contribution is 2.25. The lowest BCUT2D eigenvalue weighted by atomic mass is 10.0. The topological polar surface area (TPSA) is 89.0 Å². The van der Waals surface area contributed by atoms with Gasteiger partial charge in [0, 0.05) is 19.0 Å². The van der Waals surface area contributed by atoms with Crippen molar-refractivity contribution in [1.29, 1.82) is 0 Å². The Hall–Kier alpha value is -2.57. The van der Waals surface area contributed by atoms with E-state index in [0.29, 0.717) is 19.4 Å². The van der Waals surface area contributed by atoms with Crippen LogP contribution in [0.3, 0.4) is 0 Å². The number of fused-ring (bicyclic) bond motifs is 1. The van der Waals surface area contributed by atoms with Crippen molar-refractivity contribution in [3.05, 3.63) is 45.6 Å². The van der Waals surface area contributed by atoms with Gasteiger partial charge in [-0.1, -0.05) is 12.1 Å². The summed E-state index contributed by atoms with van der Waals surface area (Å²) in [7, 11) is 0. The molecule has 140 valence electrons. The highest BCUT2D eigenvalue weighted by Gasteiger charge is 2.32. The molecular weight excluding hydrogens is 332 g/mol. The van der Waals surface area contributed by atoms with Gasteiger partial charge in [0.1, 0.15) is 11.6 Å². The monoisotopic (exact) mass is 358 g/mol. The molecule has 1 atom stereocenters. The first kappa shape index (κ1) is 18.2. The van der Waals surface area contributed by atoms with Gasteiger partial charge in [0.2, 0.25) is 0 Å². The Kier molecular flexibility index (Phi) is 4.89. The molecule has 0 radical (unpaired) electrons. The Bertz CT molecular complexity index is 866. The van der Waals surface area contributed by atoms with E-state index in [-0.39, 0.29) is 17.6 Å². The van der Waals surface area contributed by atoms with Crippen LogP contribution in [-0.4, -0.2) is 32.3 Å². The van der Waals surface area contributed by atoms with Gasteiger partial charge in [-0.3, -0.25) is 9.36 Å². The summed E-state index contributed by atoms with van der Waals surface area (Å²) in [6, 6.07) is 5.82. The first-order valence-electron chi connectivity index (χ1n) is 8.98. The van der Waals surface area contributed by atoms with E-state index in [4.69, 9.17) is 4.74 Å². The van der Waals surface area contributed by atoms with Crippen molar-refractivity contribution < 1.29 is 9.53 Å². The maximum atomic E-state index is 12.8. The molecule has 0 fully saturated rings. The molecule has 2 aromatic rings. The number of benzene rings is 1. The third-order valence-corrected chi connectivity index (χ3v) is 5.06. The summed E-state index contributed by atoms with van der Waals surface area (Å²) in [5.74, 6) is 1.31. The fourth-order valence-electron chi connectivity index (χ4n) is 3.16. The van der Waals surface area contributed by atoms with Gasteiger partial charge in [-0.25, -0.2) is 9.89 Å². The average molecular weight is 358 g/mol. The van der Waals surface area contributed by atoms with Gasteiger partial charge >= 0.3 is 5.69 Å². The zero-order valence-corrected chi connectivity index (χ0v) is 15.8. The number of aromatic amines is 1. The van der Waals surface area contributed by atoms with Crippen LogP contribution in [0.25, 0.3) is 0 Å². The molecule has 7 heteroatoms. The minimum atomic E-state index is -0.990. The largest absolute Gasteiger partial charge is 0.478 e. The molecule has 0 spiro atoms. The van der Waals surface area contributed by atoms with Crippen LogP contribution in [0.5, 0.6) is 5.75 Å². The molecule has 7 nitrogen and oxygen atoms in total. The summed E-state index contributed by atoms with van der Waals surface area (Å²) >= 11 is 0. The van der Waals surface area contributed by atoms with Crippen molar-refractivity contribution in [3.63, 3.8) is 0 Å². The maximum Gasteiger partial charge on any atom is 0.343 e. The second-order valence-corrected chi connectivity index (χ2v) is 7.40. The summed E-state index contributed by atoms with van der Waals surface area (Å²) in [4.78, 5) is 24.5. The number of rotatable bonds is 4. The first-order valence-corrected chi connectivity index (χ1v) is 8.98. The lowest BCUT2D eigenvalue weighted by molar-refractivity contribution is -0.135. The summed E-state index contributed by atoms with van der Waals surface area (Å²) < 4.78 is 7.67. The van der Waals surface area contributed by atoms with E-state index in [1.54, 1.807) is 18.4 Å². The van der Waals surface area contributed by atoms with Crippen molar-refractivity contribution in [3.8, 4) is 5.75 Å². The Labute approximate surface area is 152 Å². The number of hydrogen-bond donors (Lipinski definition) is 2. The number of amides is 1. The standard InChI is InChI=1S/C19H26N4O3/c1-12-6-5-7-15(13(12)2)26-19(3,4)17(24)20-14-8-9-16-21-22-18(25)23(16)11-10-14/h5-7,14H,8-11H2,1-4H3,(H,20,24)(H,22,25). The minimum Gasteiger partial charge on any atom is -0.478 e. The van der Waals surface area contributed by atoms with Gasteiger partial charge in [-0.05, 0) is 57.7 Å². The van der Waals surface area contributed by atoms with E-state index in [9.17, 15) is 9.59 Å². The fourth-order valence-corrected chi connectivity index (χ4v) is 3.16. The molecule has 0 bridgehead atoms. The Morgan fingerprint density at radius 1 is 1.35 bits per heavy atom. The third-order valence-electron chi connectivity index (χ3n) is 5.06. The molecule has 1 aromatic heterocycles. The van der Waals surface area contributed by atoms with Crippen LogP contribution in [0, 0.1) is 13.8 Å². The molecular formula is C19H26N4O3. The normalized spacial score (nSPS) is 17.3. The number of aryl methyl sites for hydroxylation is 2. The van der Waals surface area contributed by atoms with Gasteiger partial charge in [0.15, 0.2) is 5.60 Å². The quantitative estimate of drug-likeness (QED) is 0.873. The number of nitrogens with one attached hydrogen (secondary N) is 2. The second kappa shape index (κ2) is 6.97. The molecule has 3 rings (SSSR count). The fraction of sp³-hybridized carbons (Fsp3) is 0.526. The predicted molar refractivity (Wildman–Crippen MR) is 98.3 cm³/mol. The van der Waals surface area contributed by atoms with Crippen molar-refractivity contribution in [2.45, 2.75) is 65.1 Å². The van der Waals surface area contributed by atoms with Crippen LogP contribution in [-0.2, 0) is 17.8 Å². The highest BCUT2D eigenvalue weighted by molar-refractivity contribution is 5.85. The van der Waals surface area contributed by atoms with E-state index in [1.807, 2.05) is 32.0 Å². The molecule has 0 saturated carbocycles. The summed E-state index contributed by atoms with van der Waals surface area (Å²) in [5, 5.41) is 9.59. The smallest absolute Gasteiger partial charge is 0.343 e. The molecule has 1 aromatic carbocycles. The highest BCUT2D eigenvalue weighted by atomic mass is 16.5. The number of hydrogen-bond acceptors (Lipinski definition) is 4. The van der Waals surface area contributed by atoms with Crippen LogP contribution in [0.15, 0.2) is 23.0 Å². The zero-order valence-electron chi connectivity index (χ0n) is 15.8. The third kappa shape index (κ3) is 3.66. The summed E-state index contributed by atoms with van der Waals surface area (Å²) in [5.41, 5.74) is 0.982. The number of H-pyrrole nitrogens is 1. The molecule has 2 N–H and O–H groups in total. The summed E-state index contributed by atoms with van der Waals surface area (Å²) in [6.07, 6.45) is 2.09. The van der Waals surface area contributed by atoms with Gasteiger partial charge in [-0.15, -0.1) is 0 Å². The molecule has 1 aliphatic rings. The number of carbonyl (C=O) groups is 1. The van der Waals surface area contributed by atoms with Crippen molar-refractivity contribution in [1.82, 2.24) is 20.1 Å². The SMILES string of the molecule is Cc1cccc(OC(C)(C)C(=O)NC2CCc3n[nH]c(=O)n3CC2)c1C. The van der Waals surface area contributed by atoms with Crippen LogP contribution in [0.2, 0.25) is 0 Å². The lowest BCUT2D eigenvalue weighted by Crippen LogP contribution is -2.50.